The van der Waals surface area contributed by atoms with Gasteiger partial charge >= 0.3 is 5.97 Å². The molecule has 0 heterocycles. The number of ether oxygens (including phenoxy) is 4. The van der Waals surface area contributed by atoms with Gasteiger partial charge in [-0.3, -0.25) is 24.5 Å². The molecule has 2 aromatic rings. The topological polar surface area (TPSA) is 155 Å². The first-order valence-corrected chi connectivity index (χ1v) is 9.07. The van der Waals surface area contributed by atoms with Crippen LogP contribution >= 0.6 is 0 Å². The molecule has 2 rings (SSSR count). The first-order chi connectivity index (χ1) is 15.3. The van der Waals surface area contributed by atoms with Crippen LogP contribution in [0.15, 0.2) is 36.4 Å². The van der Waals surface area contributed by atoms with Crippen LogP contribution in [-0.2, 0) is 14.3 Å². The number of nitrogens with one attached hydrogen (secondary N) is 2. The number of amides is 2. The molecule has 2 N–H and O–H groups in total. The highest BCUT2D eigenvalue weighted by molar-refractivity contribution is 5.97. The molecule has 0 aliphatic rings. The second-order valence-corrected chi connectivity index (χ2v) is 6.10. The fraction of sp³-hybridized carbons (Fsp3) is 0.250. The summed E-state index contributed by atoms with van der Waals surface area (Å²) in [4.78, 5) is 46.4. The van der Waals surface area contributed by atoms with Crippen molar-refractivity contribution >= 4 is 29.2 Å². The molecule has 2 amide bonds. The number of anilines is 1. The second-order valence-electron chi connectivity index (χ2n) is 6.10. The van der Waals surface area contributed by atoms with Gasteiger partial charge in [-0.05, 0) is 30.3 Å². The van der Waals surface area contributed by atoms with Crippen LogP contribution in [0.5, 0.6) is 17.2 Å². The highest BCUT2D eigenvalue weighted by atomic mass is 16.6. The highest BCUT2D eigenvalue weighted by Gasteiger charge is 2.18. The number of methoxy groups -OCH3 is 3. The first-order valence-electron chi connectivity index (χ1n) is 9.07. The summed E-state index contributed by atoms with van der Waals surface area (Å²) in [5, 5.41) is 15.8. The molecule has 12 nitrogen and oxygen atoms in total. The number of esters is 1. The Hall–Kier alpha value is -4.35. The van der Waals surface area contributed by atoms with E-state index in [2.05, 4.69) is 10.6 Å². The van der Waals surface area contributed by atoms with Gasteiger partial charge in [-0.15, -0.1) is 0 Å². The first kappa shape index (κ1) is 23.9. The normalized spacial score (nSPS) is 9.97. The Morgan fingerprint density at radius 3 is 2.31 bits per heavy atom. The van der Waals surface area contributed by atoms with Crippen molar-refractivity contribution in [2.75, 3.05) is 39.8 Å². The van der Waals surface area contributed by atoms with E-state index in [4.69, 9.17) is 18.9 Å². The molecule has 0 aliphatic carbocycles. The number of nitro benzene ring substituents is 1. The lowest BCUT2D eigenvalue weighted by atomic mass is 10.2. The predicted octanol–water partition coefficient (Wildman–Crippen LogP) is 1.53. The van der Waals surface area contributed by atoms with Crippen molar-refractivity contribution in [3.63, 3.8) is 0 Å². The summed E-state index contributed by atoms with van der Waals surface area (Å²) in [6, 6.07) is 8.32. The van der Waals surface area contributed by atoms with Crippen molar-refractivity contribution in [1.29, 1.82) is 0 Å². The molecule has 12 heteroatoms. The van der Waals surface area contributed by atoms with E-state index in [0.29, 0.717) is 11.5 Å². The lowest BCUT2D eigenvalue weighted by molar-refractivity contribution is -0.384. The molecule has 2 aromatic carbocycles. The summed E-state index contributed by atoms with van der Waals surface area (Å²) in [5.74, 6) is -1.22. The number of rotatable bonds is 10. The minimum Gasteiger partial charge on any atom is -0.496 e. The van der Waals surface area contributed by atoms with E-state index in [1.807, 2.05) is 0 Å². The van der Waals surface area contributed by atoms with Gasteiger partial charge in [0, 0.05) is 5.56 Å². The van der Waals surface area contributed by atoms with Gasteiger partial charge in [-0.25, -0.2) is 0 Å². The Labute approximate surface area is 182 Å². The number of hydrogen-bond acceptors (Lipinski definition) is 9. The molecule has 32 heavy (non-hydrogen) atoms. The van der Waals surface area contributed by atoms with Crippen molar-refractivity contribution in [2.24, 2.45) is 0 Å². The van der Waals surface area contributed by atoms with Crippen LogP contribution in [0.4, 0.5) is 11.4 Å². The monoisotopic (exact) mass is 447 g/mol. The van der Waals surface area contributed by atoms with Crippen molar-refractivity contribution in [2.45, 2.75) is 0 Å². The van der Waals surface area contributed by atoms with Crippen molar-refractivity contribution in [3.8, 4) is 17.2 Å². The van der Waals surface area contributed by atoms with Crippen LogP contribution in [0.25, 0.3) is 0 Å². The molecule has 0 unspecified atom stereocenters. The summed E-state index contributed by atoms with van der Waals surface area (Å²) in [6.07, 6.45) is 0. The van der Waals surface area contributed by atoms with Crippen LogP contribution in [0, 0.1) is 10.1 Å². The van der Waals surface area contributed by atoms with Gasteiger partial charge in [-0.1, -0.05) is 0 Å². The van der Waals surface area contributed by atoms with Crippen LogP contribution in [0.1, 0.15) is 10.4 Å². The standard InChI is InChI=1S/C20H21N3O9/c1-29-13-5-6-14(15(9-13)23(27)28)22-18(24)11-32-19(25)10-21-20(26)12-4-7-16(30-2)17(8-12)31-3/h4-9H,10-11H2,1-3H3,(H,21,26)(H,22,24). The van der Waals surface area contributed by atoms with Gasteiger partial charge in [0.15, 0.2) is 18.1 Å². The van der Waals surface area contributed by atoms with Crippen LogP contribution in [-0.4, -0.2) is 57.2 Å². The molecule has 0 spiro atoms. The third-order valence-corrected chi connectivity index (χ3v) is 4.08. The third kappa shape index (κ3) is 6.32. The summed E-state index contributed by atoms with van der Waals surface area (Å²) >= 11 is 0. The number of nitrogens with zero attached hydrogens (tertiary/aromatic N) is 1. The van der Waals surface area contributed by atoms with Gasteiger partial charge in [-0.2, -0.15) is 0 Å². The molecule has 0 aromatic heterocycles. The molecule has 0 bridgehead atoms. The minimum atomic E-state index is -0.877. The van der Waals surface area contributed by atoms with Gasteiger partial charge < -0.3 is 29.6 Å². The number of hydrogen-bond donors (Lipinski definition) is 2. The maximum atomic E-state index is 12.2. The fourth-order valence-corrected chi connectivity index (χ4v) is 2.51. The van der Waals surface area contributed by atoms with Gasteiger partial charge in [0.25, 0.3) is 17.5 Å². The van der Waals surface area contributed by atoms with Crippen LogP contribution in [0.3, 0.4) is 0 Å². The zero-order valence-corrected chi connectivity index (χ0v) is 17.5. The maximum Gasteiger partial charge on any atom is 0.325 e. The highest BCUT2D eigenvalue weighted by Crippen LogP contribution is 2.29. The summed E-state index contributed by atoms with van der Waals surface area (Å²) in [7, 11) is 4.22. The molecule has 0 fully saturated rings. The molecule has 0 saturated carbocycles. The Balaban J connectivity index is 1.86. The maximum absolute atomic E-state index is 12.2. The Bertz CT molecular complexity index is 1020. The number of benzene rings is 2. The van der Waals surface area contributed by atoms with E-state index >= 15 is 0 Å². The molecule has 0 atom stereocenters. The zero-order valence-electron chi connectivity index (χ0n) is 17.5. The van der Waals surface area contributed by atoms with E-state index in [9.17, 15) is 24.5 Å². The quantitative estimate of drug-likeness (QED) is 0.313. The van der Waals surface area contributed by atoms with E-state index in [1.54, 1.807) is 0 Å². The van der Waals surface area contributed by atoms with Crippen LogP contribution < -0.4 is 24.8 Å². The van der Waals surface area contributed by atoms with E-state index in [0.717, 1.165) is 6.07 Å². The Morgan fingerprint density at radius 1 is 0.969 bits per heavy atom. The minimum absolute atomic E-state index is 0.0846. The SMILES string of the molecule is COc1ccc(NC(=O)COC(=O)CNC(=O)c2ccc(OC)c(OC)c2)c([N+](=O)[O-])c1. The number of carbonyl (C=O) groups is 3. The van der Waals surface area contributed by atoms with Crippen LogP contribution in [0.2, 0.25) is 0 Å². The number of carbonyl (C=O) groups excluding carboxylic acids is 3. The molecule has 0 radical (unpaired) electrons. The van der Waals surface area contributed by atoms with E-state index < -0.39 is 35.9 Å². The largest absolute Gasteiger partial charge is 0.496 e. The van der Waals surface area contributed by atoms with E-state index in [1.165, 1.54) is 51.7 Å². The molecular formula is C20H21N3O9. The van der Waals surface area contributed by atoms with Gasteiger partial charge in [0.2, 0.25) is 0 Å². The van der Waals surface area contributed by atoms with Gasteiger partial charge in [0.1, 0.15) is 18.0 Å². The van der Waals surface area contributed by atoms with E-state index in [-0.39, 0.29) is 22.7 Å². The Kier molecular flexibility index (Phi) is 8.34. The zero-order chi connectivity index (χ0) is 23.7. The summed E-state index contributed by atoms with van der Waals surface area (Å²) < 4.78 is 19.9. The molecule has 0 saturated heterocycles. The molecule has 0 aliphatic heterocycles. The van der Waals surface area contributed by atoms with Crippen molar-refractivity contribution in [3.05, 3.63) is 52.1 Å². The Morgan fingerprint density at radius 2 is 1.69 bits per heavy atom. The fourth-order valence-electron chi connectivity index (χ4n) is 2.51. The summed E-state index contributed by atoms with van der Waals surface area (Å²) in [6.45, 7) is -1.20. The smallest absolute Gasteiger partial charge is 0.325 e. The van der Waals surface area contributed by atoms with Gasteiger partial charge in [0.05, 0.1) is 32.3 Å². The average molecular weight is 447 g/mol. The summed E-state index contributed by atoms with van der Waals surface area (Å²) in [5.41, 5.74) is -0.246. The van der Waals surface area contributed by atoms with Crippen molar-refractivity contribution < 1.29 is 38.3 Å². The van der Waals surface area contributed by atoms with Crippen molar-refractivity contribution in [1.82, 2.24) is 5.32 Å². The third-order valence-electron chi connectivity index (χ3n) is 4.08. The lowest BCUT2D eigenvalue weighted by Gasteiger charge is -2.10. The predicted molar refractivity (Wildman–Crippen MR) is 111 cm³/mol. The molecular weight excluding hydrogens is 426 g/mol. The lowest BCUT2D eigenvalue weighted by Crippen LogP contribution is -2.32. The second kappa shape index (κ2) is 11.2. The number of nitro groups is 1. The molecule has 170 valence electrons. The average Bonchev–Trinajstić information content (AvgIpc) is 2.80.